The number of nitrogens with one attached hydrogen (secondary N) is 1. The van der Waals surface area contributed by atoms with Crippen LogP contribution in [0, 0.1) is 18.6 Å². The number of amides is 1. The molecule has 1 aromatic carbocycles. The Kier molecular flexibility index (Phi) is 5.56. The van der Waals surface area contributed by atoms with Crippen LogP contribution in [0.15, 0.2) is 18.2 Å². The summed E-state index contributed by atoms with van der Waals surface area (Å²) in [6, 6.07) is 6.53. The van der Waals surface area contributed by atoms with Crippen LogP contribution in [0.3, 0.4) is 0 Å². The van der Waals surface area contributed by atoms with E-state index in [0.29, 0.717) is 24.0 Å². The van der Waals surface area contributed by atoms with Gasteiger partial charge in [-0.05, 0) is 66.5 Å². The van der Waals surface area contributed by atoms with Crippen LogP contribution in [0.25, 0.3) is 5.69 Å². The average molecular weight is 402 g/mol. The Morgan fingerprint density at radius 1 is 1.14 bits per heavy atom. The molecule has 1 amide bonds. The smallest absolute Gasteiger partial charge is 0.234 e. The molecule has 1 N–H and O–H groups in total. The number of aryl methyl sites for hydroxylation is 1. The Bertz CT molecular complexity index is 909. The molecule has 1 saturated heterocycles. The minimum Gasteiger partial charge on any atom is -0.352 e. The van der Waals surface area contributed by atoms with Crippen molar-refractivity contribution in [2.45, 2.75) is 39.4 Å². The van der Waals surface area contributed by atoms with Gasteiger partial charge in [0.25, 0.3) is 0 Å². The summed E-state index contributed by atoms with van der Waals surface area (Å²) < 4.78 is 4.10. The molecule has 2 aromatic rings. The van der Waals surface area contributed by atoms with Gasteiger partial charge in [0.1, 0.15) is 0 Å². The first-order valence-corrected chi connectivity index (χ1v) is 10.3. The first kappa shape index (κ1) is 19.2. The van der Waals surface area contributed by atoms with Gasteiger partial charge in [-0.3, -0.25) is 14.6 Å². The molecule has 4 rings (SSSR count). The predicted octanol–water partition coefficient (Wildman–Crippen LogP) is 1.27. The molecule has 150 valence electrons. The summed E-state index contributed by atoms with van der Waals surface area (Å²) >= 11 is 5.62. The first-order chi connectivity index (χ1) is 13.5. The summed E-state index contributed by atoms with van der Waals surface area (Å²) in [6.07, 6.45) is 2.26. The summed E-state index contributed by atoms with van der Waals surface area (Å²) in [7, 11) is 0. The summed E-state index contributed by atoms with van der Waals surface area (Å²) in [4.78, 5) is 16.5. The number of tetrazole rings is 1. The van der Waals surface area contributed by atoms with Crippen molar-refractivity contribution in [1.82, 2.24) is 34.9 Å². The number of carbonyl (C=O) groups is 1. The molecule has 2 heterocycles. The van der Waals surface area contributed by atoms with E-state index in [4.69, 9.17) is 12.2 Å². The van der Waals surface area contributed by atoms with E-state index in [1.54, 1.807) is 9.36 Å². The largest absolute Gasteiger partial charge is 0.352 e. The number of nitrogens with zero attached hydrogens (tertiary/aromatic N) is 6. The van der Waals surface area contributed by atoms with Crippen molar-refractivity contribution in [2.75, 3.05) is 32.7 Å². The molecule has 0 radical (unpaired) electrons. The Balaban J connectivity index is 1.34. The number of hydrogen-bond acceptors (Lipinski definition) is 6. The average Bonchev–Trinajstić information content (AvgIpc) is 3.42. The van der Waals surface area contributed by atoms with Crippen molar-refractivity contribution < 1.29 is 4.79 Å². The Hall–Kier alpha value is -2.10. The van der Waals surface area contributed by atoms with E-state index in [0.717, 1.165) is 50.3 Å². The lowest BCUT2D eigenvalue weighted by molar-refractivity contribution is -0.122. The van der Waals surface area contributed by atoms with Crippen LogP contribution in [0.2, 0.25) is 0 Å². The third-order valence-corrected chi connectivity index (χ3v) is 5.94. The highest BCUT2D eigenvalue weighted by atomic mass is 32.1. The van der Waals surface area contributed by atoms with Crippen LogP contribution < -0.4 is 5.32 Å². The van der Waals surface area contributed by atoms with Crippen molar-refractivity contribution in [1.29, 1.82) is 0 Å². The molecule has 0 atom stereocenters. The molecule has 1 saturated carbocycles. The van der Waals surface area contributed by atoms with Crippen molar-refractivity contribution in [3.05, 3.63) is 34.1 Å². The lowest BCUT2D eigenvalue weighted by Gasteiger charge is -2.33. The van der Waals surface area contributed by atoms with Gasteiger partial charge in [0.05, 0.1) is 18.9 Å². The van der Waals surface area contributed by atoms with Gasteiger partial charge in [-0.15, -0.1) is 0 Å². The van der Waals surface area contributed by atoms with E-state index in [2.05, 4.69) is 45.5 Å². The summed E-state index contributed by atoms with van der Waals surface area (Å²) in [5.41, 5.74) is 3.34. The van der Waals surface area contributed by atoms with Crippen molar-refractivity contribution in [3.63, 3.8) is 0 Å². The lowest BCUT2D eigenvalue weighted by Crippen LogP contribution is -2.49. The molecule has 1 aliphatic heterocycles. The lowest BCUT2D eigenvalue weighted by atomic mass is 10.1. The second-order valence-electron chi connectivity index (χ2n) is 7.77. The molecule has 0 bridgehead atoms. The van der Waals surface area contributed by atoms with Gasteiger partial charge >= 0.3 is 0 Å². The number of rotatable bonds is 6. The van der Waals surface area contributed by atoms with Crippen molar-refractivity contribution in [2.24, 2.45) is 0 Å². The molecular formula is C19H27N7OS. The maximum Gasteiger partial charge on any atom is 0.234 e. The van der Waals surface area contributed by atoms with Gasteiger partial charge in [-0.25, -0.2) is 4.68 Å². The fraction of sp³-hybridized carbons (Fsp3) is 0.579. The molecule has 0 unspecified atom stereocenters. The standard InChI is InChI=1S/C19H27N7OS/c1-14-4-3-5-17(15(14)2)26-19(28)25(21-22-26)13-24-10-8-23(9-11-24)12-18(27)20-16-6-7-16/h3-5,16H,6-13H2,1-2H3,(H,20,27). The van der Waals surface area contributed by atoms with E-state index >= 15 is 0 Å². The number of aromatic nitrogens is 4. The van der Waals surface area contributed by atoms with Gasteiger partial charge in [0.2, 0.25) is 10.7 Å². The zero-order chi connectivity index (χ0) is 19.7. The summed E-state index contributed by atoms with van der Waals surface area (Å²) in [5, 5.41) is 11.6. The summed E-state index contributed by atoms with van der Waals surface area (Å²) in [6.45, 7) is 8.77. The van der Waals surface area contributed by atoms with E-state index in [1.807, 2.05) is 12.1 Å². The second-order valence-corrected chi connectivity index (χ2v) is 8.13. The summed E-state index contributed by atoms with van der Waals surface area (Å²) in [5.74, 6) is 0.148. The predicted molar refractivity (Wildman–Crippen MR) is 109 cm³/mol. The fourth-order valence-electron chi connectivity index (χ4n) is 3.46. The maximum absolute atomic E-state index is 12.0. The highest BCUT2D eigenvalue weighted by Gasteiger charge is 2.25. The molecule has 28 heavy (non-hydrogen) atoms. The number of benzene rings is 1. The third-order valence-electron chi connectivity index (χ3n) is 5.55. The van der Waals surface area contributed by atoms with E-state index in [9.17, 15) is 4.79 Å². The molecule has 2 fully saturated rings. The van der Waals surface area contributed by atoms with E-state index < -0.39 is 0 Å². The maximum atomic E-state index is 12.0. The van der Waals surface area contributed by atoms with Crippen LogP contribution in [-0.4, -0.2) is 74.3 Å². The van der Waals surface area contributed by atoms with Crippen LogP contribution in [0.5, 0.6) is 0 Å². The molecule has 9 heteroatoms. The normalized spacial score (nSPS) is 18.4. The number of carbonyl (C=O) groups excluding carboxylic acids is 1. The minimum atomic E-state index is 0.148. The number of hydrogen-bond donors (Lipinski definition) is 1. The molecular weight excluding hydrogens is 374 g/mol. The second kappa shape index (κ2) is 8.10. The SMILES string of the molecule is Cc1cccc(-n2nnn(CN3CCN(CC(=O)NC4CC4)CC3)c2=S)c1C. The first-order valence-electron chi connectivity index (χ1n) is 9.85. The zero-order valence-electron chi connectivity index (χ0n) is 16.5. The van der Waals surface area contributed by atoms with Gasteiger partial charge in [0.15, 0.2) is 0 Å². The van der Waals surface area contributed by atoms with Crippen LogP contribution in [0.1, 0.15) is 24.0 Å². The monoisotopic (exact) mass is 401 g/mol. The Labute approximate surface area is 170 Å². The van der Waals surface area contributed by atoms with Crippen LogP contribution in [-0.2, 0) is 11.5 Å². The van der Waals surface area contributed by atoms with E-state index in [1.165, 1.54) is 5.56 Å². The number of piperazine rings is 1. The quantitative estimate of drug-likeness (QED) is 0.735. The Morgan fingerprint density at radius 3 is 2.57 bits per heavy atom. The molecule has 1 aromatic heterocycles. The molecule has 0 spiro atoms. The molecule has 8 nitrogen and oxygen atoms in total. The van der Waals surface area contributed by atoms with Gasteiger partial charge in [0, 0.05) is 32.2 Å². The van der Waals surface area contributed by atoms with Gasteiger partial charge in [-0.1, -0.05) is 12.1 Å². The van der Waals surface area contributed by atoms with Gasteiger partial charge in [-0.2, -0.15) is 4.68 Å². The molecule has 2 aliphatic rings. The highest BCUT2D eigenvalue weighted by molar-refractivity contribution is 7.71. The van der Waals surface area contributed by atoms with E-state index in [-0.39, 0.29) is 5.91 Å². The van der Waals surface area contributed by atoms with Crippen molar-refractivity contribution in [3.8, 4) is 5.69 Å². The van der Waals surface area contributed by atoms with Crippen LogP contribution >= 0.6 is 12.2 Å². The minimum absolute atomic E-state index is 0.148. The molecule has 1 aliphatic carbocycles. The highest BCUT2D eigenvalue weighted by Crippen LogP contribution is 2.18. The fourth-order valence-corrected chi connectivity index (χ4v) is 3.69. The Morgan fingerprint density at radius 2 is 1.86 bits per heavy atom. The van der Waals surface area contributed by atoms with Crippen molar-refractivity contribution >= 4 is 18.1 Å². The van der Waals surface area contributed by atoms with Crippen LogP contribution in [0.4, 0.5) is 0 Å². The third kappa shape index (κ3) is 4.31. The van der Waals surface area contributed by atoms with Gasteiger partial charge < -0.3 is 5.32 Å². The zero-order valence-corrected chi connectivity index (χ0v) is 17.3. The topological polar surface area (TPSA) is 71.2 Å².